The lowest BCUT2D eigenvalue weighted by molar-refractivity contribution is -0.0329. The molecule has 2 rings (SSSR count). The number of hydrogen-bond donors (Lipinski definition) is 2. The molecule has 0 heterocycles. The predicted octanol–water partition coefficient (Wildman–Crippen LogP) is 2.58. The summed E-state index contributed by atoms with van der Waals surface area (Å²) in [5, 5.41) is 13.6. The Morgan fingerprint density at radius 3 is 2.35 bits per heavy atom. The lowest BCUT2D eigenvalue weighted by Crippen LogP contribution is -2.46. The third kappa shape index (κ3) is 3.07. The second kappa shape index (κ2) is 6.02. The van der Waals surface area contributed by atoms with E-state index in [1.165, 1.54) is 5.56 Å². The monoisotopic (exact) mass is 279 g/mol. The molecule has 1 atom stereocenters. The molecule has 4 heteroatoms. The second-order valence-corrected chi connectivity index (χ2v) is 5.74. The largest absolute Gasteiger partial charge is 0.493 e. The minimum Gasteiger partial charge on any atom is -0.493 e. The predicted molar refractivity (Wildman–Crippen MR) is 79.5 cm³/mol. The minimum atomic E-state index is -0.501. The van der Waals surface area contributed by atoms with Crippen molar-refractivity contribution in [1.29, 1.82) is 0 Å². The molecule has 0 bridgehead atoms. The molecule has 0 spiro atoms. The maximum atomic E-state index is 10.2. The van der Waals surface area contributed by atoms with E-state index in [-0.39, 0.29) is 6.04 Å². The van der Waals surface area contributed by atoms with Crippen LogP contribution in [-0.4, -0.2) is 31.5 Å². The molecule has 0 aromatic heterocycles. The first kappa shape index (κ1) is 15.1. The Morgan fingerprint density at radius 1 is 1.25 bits per heavy atom. The van der Waals surface area contributed by atoms with Crippen LogP contribution in [0.2, 0.25) is 0 Å². The highest BCUT2D eigenvalue weighted by Gasteiger charge is 2.34. The van der Waals surface area contributed by atoms with Gasteiger partial charge in [-0.2, -0.15) is 0 Å². The Kier molecular flexibility index (Phi) is 4.55. The van der Waals surface area contributed by atoms with Crippen LogP contribution in [0.25, 0.3) is 0 Å². The molecule has 1 fully saturated rings. The molecule has 1 aromatic rings. The Hall–Kier alpha value is -1.26. The molecular formula is C16H25NO3. The van der Waals surface area contributed by atoms with Crippen LogP contribution in [0, 0.1) is 6.92 Å². The van der Waals surface area contributed by atoms with E-state index in [4.69, 9.17) is 9.47 Å². The normalized spacial score (nSPS) is 18.2. The fraction of sp³-hybridized carbons (Fsp3) is 0.625. The van der Waals surface area contributed by atoms with Crippen molar-refractivity contribution in [2.45, 2.75) is 44.8 Å². The molecular weight excluding hydrogens is 254 g/mol. The molecule has 20 heavy (non-hydrogen) atoms. The van der Waals surface area contributed by atoms with Crippen LogP contribution in [0.1, 0.15) is 43.4 Å². The molecule has 4 nitrogen and oxygen atoms in total. The van der Waals surface area contributed by atoms with Crippen molar-refractivity contribution in [3.8, 4) is 11.5 Å². The zero-order valence-electron chi connectivity index (χ0n) is 12.8. The summed E-state index contributed by atoms with van der Waals surface area (Å²) >= 11 is 0. The summed E-state index contributed by atoms with van der Waals surface area (Å²) in [6.07, 6.45) is 2.93. The molecule has 1 aliphatic rings. The van der Waals surface area contributed by atoms with Gasteiger partial charge in [0, 0.05) is 12.6 Å². The third-order valence-corrected chi connectivity index (χ3v) is 4.26. The summed E-state index contributed by atoms with van der Waals surface area (Å²) < 4.78 is 10.7. The van der Waals surface area contributed by atoms with Crippen LogP contribution in [0.3, 0.4) is 0 Å². The van der Waals surface area contributed by atoms with Crippen molar-refractivity contribution >= 4 is 0 Å². The Balaban J connectivity index is 2.10. The van der Waals surface area contributed by atoms with E-state index in [1.807, 2.05) is 12.1 Å². The lowest BCUT2D eigenvalue weighted by Gasteiger charge is -2.37. The SMILES string of the molecule is COc1cc(C)c(C(C)NCC2(O)CCC2)cc1OC. The van der Waals surface area contributed by atoms with Gasteiger partial charge in [0.1, 0.15) is 0 Å². The van der Waals surface area contributed by atoms with Crippen molar-refractivity contribution in [1.82, 2.24) is 5.32 Å². The fourth-order valence-electron chi connectivity index (χ4n) is 2.68. The Morgan fingerprint density at radius 2 is 1.85 bits per heavy atom. The van der Waals surface area contributed by atoms with Gasteiger partial charge in [-0.05, 0) is 56.4 Å². The Labute approximate surface area is 121 Å². The summed E-state index contributed by atoms with van der Waals surface area (Å²) in [5.41, 5.74) is 1.83. The highest BCUT2D eigenvalue weighted by Crippen LogP contribution is 2.34. The average Bonchev–Trinajstić information content (AvgIpc) is 2.42. The van der Waals surface area contributed by atoms with Crippen LogP contribution < -0.4 is 14.8 Å². The van der Waals surface area contributed by atoms with Gasteiger partial charge in [0.2, 0.25) is 0 Å². The van der Waals surface area contributed by atoms with Gasteiger partial charge in [-0.1, -0.05) is 0 Å². The van der Waals surface area contributed by atoms with E-state index < -0.39 is 5.60 Å². The number of methoxy groups -OCH3 is 2. The number of hydrogen-bond acceptors (Lipinski definition) is 4. The minimum absolute atomic E-state index is 0.166. The van der Waals surface area contributed by atoms with Gasteiger partial charge in [0.05, 0.1) is 19.8 Å². The van der Waals surface area contributed by atoms with E-state index in [2.05, 4.69) is 19.2 Å². The van der Waals surface area contributed by atoms with Gasteiger partial charge in [-0.3, -0.25) is 0 Å². The Bertz CT molecular complexity index is 469. The molecule has 1 unspecified atom stereocenters. The highest BCUT2D eigenvalue weighted by molar-refractivity contribution is 5.47. The number of benzene rings is 1. The molecule has 112 valence electrons. The smallest absolute Gasteiger partial charge is 0.161 e. The van der Waals surface area contributed by atoms with Gasteiger partial charge < -0.3 is 19.9 Å². The van der Waals surface area contributed by atoms with Crippen molar-refractivity contribution in [3.63, 3.8) is 0 Å². The van der Waals surface area contributed by atoms with Crippen molar-refractivity contribution in [2.75, 3.05) is 20.8 Å². The van der Waals surface area contributed by atoms with Crippen LogP contribution in [-0.2, 0) is 0 Å². The fourth-order valence-corrected chi connectivity index (χ4v) is 2.68. The first-order chi connectivity index (χ1) is 9.49. The van der Waals surface area contributed by atoms with Gasteiger partial charge >= 0.3 is 0 Å². The molecule has 1 aromatic carbocycles. The standard InChI is InChI=1S/C16H25NO3/c1-11-8-14(19-3)15(20-4)9-13(11)12(2)17-10-16(18)6-5-7-16/h8-9,12,17-18H,5-7,10H2,1-4H3. The molecule has 0 amide bonds. The molecule has 0 radical (unpaired) electrons. The molecule has 2 N–H and O–H groups in total. The maximum absolute atomic E-state index is 10.2. The van der Waals surface area contributed by atoms with Crippen molar-refractivity contribution in [2.24, 2.45) is 0 Å². The average molecular weight is 279 g/mol. The summed E-state index contributed by atoms with van der Waals surface area (Å²) in [5.74, 6) is 1.49. The van der Waals surface area contributed by atoms with Crippen molar-refractivity contribution in [3.05, 3.63) is 23.3 Å². The van der Waals surface area contributed by atoms with Crippen LogP contribution in [0.5, 0.6) is 11.5 Å². The molecule has 1 saturated carbocycles. The van der Waals surface area contributed by atoms with E-state index in [0.29, 0.717) is 6.54 Å². The van der Waals surface area contributed by atoms with Gasteiger partial charge in [0.25, 0.3) is 0 Å². The first-order valence-corrected chi connectivity index (χ1v) is 7.17. The van der Waals surface area contributed by atoms with E-state index in [0.717, 1.165) is 36.3 Å². The number of rotatable bonds is 6. The first-order valence-electron chi connectivity index (χ1n) is 7.17. The number of aliphatic hydroxyl groups is 1. The van der Waals surface area contributed by atoms with Crippen molar-refractivity contribution < 1.29 is 14.6 Å². The van der Waals surface area contributed by atoms with Gasteiger partial charge in [-0.15, -0.1) is 0 Å². The summed E-state index contributed by atoms with van der Waals surface area (Å²) in [6.45, 7) is 4.81. The third-order valence-electron chi connectivity index (χ3n) is 4.26. The van der Waals surface area contributed by atoms with Gasteiger partial charge in [-0.25, -0.2) is 0 Å². The molecule has 1 aliphatic carbocycles. The van der Waals surface area contributed by atoms with Crippen LogP contribution in [0.4, 0.5) is 0 Å². The summed E-state index contributed by atoms with van der Waals surface area (Å²) in [4.78, 5) is 0. The topological polar surface area (TPSA) is 50.7 Å². The van der Waals surface area contributed by atoms with Gasteiger partial charge in [0.15, 0.2) is 11.5 Å². The molecule has 0 aliphatic heterocycles. The van der Waals surface area contributed by atoms with E-state index in [9.17, 15) is 5.11 Å². The summed E-state index contributed by atoms with van der Waals surface area (Å²) in [7, 11) is 3.29. The number of nitrogens with one attached hydrogen (secondary N) is 1. The van der Waals surface area contributed by atoms with Crippen LogP contribution >= 0.6 is 0 Å². The zero-order valence-corrected chi connectivity index (χ0v) is 12.8. The number of ether oxygens (including phenoxy) is 2. The lowest BCUT2D eigenvalue weighted by atomic mass is 9.80. The molecule has 0 saturated heterocycles. The maximum Gasteiger partial charge on any atom is 0.161 e. The van der Waals surface area contributed by atoms with E-state index >= 15 is 0 Å². The van der Waals surface area contributed by atoms with Crippen LogP contribution in [0.15, 0.2) is 12.1 Å². The van der Waals surface area contributed by atoms with E-state index in [1.54, 1.807) is 14.2 Å². The zero-order chi connectivity index (χ0) is 14.8. The number of aryl methyl sites for hydroxylation is 1. The summed E-state index contributed by atoms with van der Waals surface area (Å²) in [6, 6.07) is 4.17. The second-order valence-electron chi connectivity index (χ2n) is 5.74. The highest BCUT2D eigenvalue weighted by atomic mass is 16.5. The quantitative estimate of drug-likeness (QED) is 0.840.